The van der Waals surface area contributed by atoms with Crippen LogP contribution in [0.25, 0.3) is 31.7 Å². The van der Waals surface area contributed by atoms with Crippen molar-refractivity contribution in [3.05, 3.63) is 132 Å². The van der Waals surface area contributed by atoms with E-state index in [1.54, 1.807) is 91.6 Å². The van der Waals surface area contributed by atoms with Gasteiger partial charge in [0.15, 0.2) is 5.78 Å². The van der Waals surface area contributed by atoms with E-state index in [9.17, 15) is 9.90 Å². The number of carbonyl (C=O) groups is 1. The van der Waals surface area contributed by atoms with Crippen molar-refractivity contribution in [3.8, 4) is 31.7 Å². The topological polar surface area (TPSA) is 188 Å². The predicted octanol–water partition coefficient (Wildman–Crippen LogP) is 4.12. The second kappa shape index (κ2) is 20.0. The van der Waals surface area contributed by atoms with Gasteiger partial charge in [0.25, 0.3) is 0 Å². The summed E-state index contributed by atoms with van der Waals surface area (Å²) in [5, 5.41) is 38.4. The largest absolute Gasteiger partial charge is 1.00 e. The zero-order chi connectivity index (χ0) is 35.0. The van der Waals surface area contributed by atoms with Crippen molar-refractivity contribution in [2.24, 2.45) is 0 Å². The molecule has 0 radical (unpaired) electrons. The van der Waals surface area contributed by atoms with E-state index in [2.05, 4.69) is 60.9 Å². The van der Waals surface area contributed by atoms with Crippen molar-refractivity contribution >= 4 is 39.8 Å². The average Bonchev–Trinajstić information content (AvgIpc) is 4.02. The van der Waals surface area contributed by atoms with Gasteiger partial charge in [-0.2, -0.15) is 20.7 Å². The number of rotatable bonds is 8. The Bertz CT molecular complexity index is 1930. The van der Waals surface area contributed by atoms with E-state index in [1.807, 2.05) is 43.8 Å². The second-order valence-corrected chi connectivity index (χ2v) is 12.8. The number of aliphatic hydroxyl groups is 1. The summed E-state index contributed by atoms with van der Waals surface area (Å²) in [4.78, 5) is 32.2. The predicted molar refractivity (Wildman–Crippen MR) is 194 cm³/mol. The fourth-order valence-electron chi connectivity index (χ4n) is 4.29. The van der Waals surface area contributed by atoms with Crippen LogP contribution in [0.5, 0.6) is 0 Å². The maximum absolute atomic E-state index is 11.0. The van der Waals surface area contributed by atoms with Crippen LogP contribution in [0.2, 0.25) is 0 Å². The number of hydrogen-bond donors (Lipinski definition) is 4. The molecule has 0 amide bonds. The molecule has 0 fully saturated rings. The molecule has 8 aromatic rings. The molecule has 4 N–H and O–H groups in total. The number of thiazole rings is 3. The maximum Gasteiger partial charge on any atom is 1.00 e. The molecule has 1 atom stereocenters. The van der Waals surface area contributed by atoms with Gasteiger partial charge in [-0.15, -0.1) is 22.7 Å². The van der Waals surface area contributed by atoms with Gasteiger partial charge in [0.2, 0.25) is 0 Å². The molecule has 8 rings (SSSR count). The summed E-state index contributed by atoms with van der Waals surface area (Å²) in [6, 6.07) is 7.12. The van der Waals surface area contributed by atoms with Crippen molar-refractivity contribution in [2.75, 3.05) is 0 Å². The third-order valence-corrected chi connectivity index (χ3v) is 9.74. The second-order valence-electron chi connectivity index (χ2n) is 10.1. The number of carbonyl (C=O) groups excluding carboxylic acids is 1. The summed E-state index contributed by atoms with van der Waals surface area (Å²) in [6.45, 7) is 3.81. The molecule has 0 aliphatic rings. The molecule has 1 unspecified atom stereocenters. The number of ketones is 1. The third-order valence-electron chi connectivity index (χ3n) is 6.96. The minimum atomic E-state index is -1.03. The van der Waals surface area contributed by atoms with E-state index in [1.165, 1.54) is 22.7 Å². The van der Waals surface area contributed by atoms with Crippen molar-refractivity contribution in [1.82, 2.24) is 55.5 Å². The maximum atomic E-state index is 11.0. The standard InChI is InChI=1S/C14H14N4OS.C8H9NO.C6H5N3S.C6H4N3S.Li/c1-2-14(19,11-3-5-15-6-4-11)12-9-16-13(20-12)10-7-17-18-8-10;1-2-8(10)7-3-5-9-6-4-7;2*1-2-10-6(7-1)5-3-8-9-4-5;/h3-9,19H,2H2,1H3,(H,17,18);3-6H,2H2,1H3;1-4H,(H,8,9);1,3-4H,(H,8,9);/q;;;-1;+1. The quantitative estimate of drug-likeness (QED) is 0.101. The minimum absolute atomic E-state index is 0. The Hall–Kier alpha value is -4.95. The number of aromatic nitrogens is 11. The van der Waals surface area contributed by atoms with E-state index in [4.69, 9.17) is 0 Å². The molecule has 13 nitrogen and oxygen atoms in total. The molecule has 0 spiro atoms. The summed E-state index contributed by atoms with van der Waals surface area (Å²) >= 11 is 4.57. The Morgan fingerprint density at radius 2 is 1.35 bits per heavy atom. The minimum Gasteiger partial charge on any atom is -0.379 e. The number of aromatic amines is 3. The van der Waals surface area contributed by atoms with Crippen molar-refractivity contribution in [3.63, 3.8) is 0 Å². The summed E-state index contributed by atoms with van der Waals surface area (Å²) in [6.07, 6.45) is 23.6. The zero-order valence-electron chi connectivity index (χ0n) is 28.0. The first-order valence-electron chi connectivity index (χ1n) is 15.2. The first-order chi connectivity index (χ1) is 24.5. The number of nitrogens with zero attached hydrogens (tertiary/aromatic N) is 8. The van der Waals surface area contributed by atoms with Crippen LogP contribution >= 0.6 is 34.0 Å². The molecule has 8 heterocycles. The van der Waals surface area contributed by atoms with Crippen molar-refractivity contribution < 1.29 is 28.8 Å². The van der Waals surface area contributed by atoms with Crippen LogP contribution in [0, 0.1) is 5.38 Å². The number of nitrogens with one attached hydrogen (secondary N) is 3. The Kier molecular flexibility index (Phi) is 15.3. The molecule has 51 heavy (non-hydrogen) atoms. The monoisotopic (exact) mass is 729 g/mol. The fraction of sp³-hybridized carbons (Fsp3) is 0.147. The van der Waals surface area contributed by atoms with Crippen LogP contribution in [0.15, 0.2) is 110 Å². The van der Waals surface area contributed by atoms with Gasteiger partial charge in [-0.3, -0.25) is 30.1 Å². The van der Waals surface area contributed by atoms with E-state index >= 15 is 0 Å². The SMILES string of the molecule is CCC(=O)c1ccncc1.CCC(O)(c1ccncc1)c1cnc(-c2cn[nH]c2)s1.[Li+].[c-]1cnc(-c2cn[nH]c2)s1.c1csc(-c2cn[nH]c2)n1. The molecule has 0 aliphatic heterocycles. The van der Waals surface area contributed by atoms with Gasteiger partial charge in [-0.1, -0.05) is 20.0 Å². The van der Waals surface area contributed by atoms with Gasteiger partial charge in [-0.05, 0) is 46.8 Å². The summed E-state index contributed by atoms with van der Waals surface area (Å²) in [7, 11) is 0. The molecule has 0 aliphatic carbocycles. The molecule has 254 valence electrons. The summed E-state index contributed by atoms with van der Waals surface area (Å²) < 4.78 is 0. The molecule has 0 aromatic carbocycles. The molecular formula is C34H32LiN11O2S3. The van der Waals surface area contributed by atoms with E-state index in [-0.39, 0.29) is 24.6 Å². The van der Waals surface area contributed by atoms with Gasteiger partial charge in [-0.25, -0.2) is 9.97 Å². The van der Waals surface area contributed by atoms with Crippen molar-refractivity contribution in [2.45, 2.75) is 32.3 Å². The first-order valence-corrected chi connectivity index (χ1v) is 17.7. The van der Waals surface area contributed by atoms with Gasteiger partial charge < -0.3 is 21.4 Å². The molecule has 0 bridgehead atoms. The van der Waals surface area contributed by atoms with E-state index in [0.717, 1.165) is 47.7 Å². The number of Topliss-reactive ketones (excluding diaryl/α,β-unsaturated/α-hetero) is 1. The molecule has 8 aromatic heterocycles. The smallest absolute Gasteiger partial charge is 0.379 e. The Labute approximate surface area is 318 Å². The fourth-order valence-corrected chi connectivity index (χ4v) is 6.54. The molecular weight excluding hydrogens is 698 g/mol. The van der Waals surface area contributed by atoms with Gasteiger partial charge in [0.05, 0.1) is 17.3 Å². The van der Waals surface area contributed by atoms with E-state index < -0.39 is 5.60 Å². The number of hydrogen-bond acceptors (Lipinski definition) is 13. The number of pyridine rings is 2. The first kappa shape index (κ1) is 38.8. The normalized spacial score (nSPS) is 11.3. The van der Waals surface area contributed by atoms with Crippen LogP contribution in [0.3, 0.4) is 0 Å². The van der Waals surface area contributed by atoms with Gasteiger partial charge in [0.1, 0.15) is 15.6 Å². The van der Waals surface area contributed by atoms with Gasteiger partial charge in [0, 0.05) is 90.5 Å². The summed E-state index contributed by atoms with van der Waals surface area (Å²) in [5.74, 6) is 0.169. The van der Waals surface area contributed by atoms with Crippen LogP contribution in [0.4, 0.5) is 0 Å². The Balaban J connectivity index is 0.000000161. The number of H-pyrrole nitrogens is 3. The van der Waals surface area contributed by atoms with Crippen LogP contribution < -0.4 is 18.9 Å². The Morgan fingerprint density at radius 1 is 0.765 bits per heavy atom. The van der Waals surface area contributed by atoms with Crippen molar-refractivity contribution in [1.29, 1.82) is 0 Å². The third kappa shape index (κ3) is 10.8. The van der Waals surface area contributed by atoms with Crippen LogP contribution in [-0.2, 0) is 5.60 Å². The van der Waals surface area contributed by atoms with E-state index in [0.29, 0.717) is 12.8 Å². The van der Waals surface area contributed by atoms with Crippen LogP contribution in [0.1, 0.15) is 47.5 Å². The zero-order valence-corrected chi connectivity index (χ0v) is 30.4. The molecule has 0 saturated carbocycles. The summed E-state index contributed by atoms with van der Waals surface area (Å²) in [5.41, 5.74) is 3.55. The Morgan fingerprint density at radius 3 is 1.84 bits per heavy atom. The average molecular weight is 730 g/mol. The van der Waals surface area contributed by atoms with Crippen LogP contribution in [-0.4, -0.2) is 66.4 Å². The van der Waals surface area contributed by atoms with Gasteiger partial charge >= 0.3 is 18.9 Å². The molecule has 0 saturated heterocycles. The molecule has 17 heteroatoms.